The van der Waals surface area contributed by atoms with Gasteiger partial charge in [0.1, 0.15) is 13.5 Å². The van der Waals surface area contributed by atoms with Crippen molar-refractivity contribution in [2.75, 3.05) is 12.5 Å². The van der Waals surface area contributed by atoms with E-state index in [9.17, 15) is 14.2 Å². The Kier molecular flexibility index (Phi) is 5.99. The lowest BCUT2D eigenvalue weighted by Gasteiger charge is -2.05. The fraction of sp³-hybridized carbons (Fsp3) is 0.167. The van der Waals surface area contributed by atoms with Gasteiger partial charge in [0.25, 0.3) is 5.91 Å². The van der Waals surface area contributed by atoms with Gasteiger partial charge in [-0.1, -0.05) is 18.2 Å². The molecular weight excluding hydrogens is 269 g/mol. The molecule has 7 heteroatoms. The zero-order chi connectivity index (χ0) is 14.3. The quantitative estimate of drug-likeness (QED) is 0.531. The minimum Gasteiger partial charge on any atom is -0.477 e. The van der Waals surface area contributed by atoms with Crippen molar-refractivity contribution < 1.29 is 24.4 Å². The normalized spacial score (nSPS) is 12.8. The summed E-state index contributed by atoms with van der Waals surface area (Å²) in [5, 5.41) is 19.8. The maximum Gasteiger partial charge on any atom is 0.352 e. The number of hydrogen-bond acceptors (Lipinski definition) is 4. The second kappa shape index (κ2) is 7.51. The monoisotopic (exact) mass is 283 g/mol. The Labute approximate surface area is 110 Å². The fourth-order valence-electron chi connectivity index (χ4n) is 1.26. The summed E-state index contributed by atoms with van der Waals surface area (Å²) in [5.74, 6) is -1.88. The molecule has 6 nitrogen and oxygen atoms in total. The summed E-state index contributed by atoms with van der Waals surface area (Å²) in [4.78, 5) is 22.7. The van der Waals surface area contributed by atoms with Crippen molar-refractivity contribution in [1.82, 2.24) is 5.32 Å². The summed E-state index contributed by atoms with van der Waals surface area (Å²) < 4.78 is 11.1. The Morgan fingerprint density at radius 1 is 1.26 bits per heavy atom. The average Bonchev–Trinajstić information content (AvgIpc) is 2.43. The Morgan fingerprint density at radius 3 is 2.42 bits per heavy atom. The first-order chi connectivity index (χ1) is 9.04. The van der Waals surface area contributed by atoms with Crippen LogP contribution in [0, 0.1) is 0 Å². The standard InChI is InChI=1S/C12H14NO5P/c14-8-19(18)7-6-10(12(16)17)13-11(15)9-4-2-1-3-5-9/h1-6,14,19H,7-8H2,(H,13,15)(H,16,17). The molecule has 0 radical (unpaired) electrons. The van der Waals surface area contributed by atoms with Crippen molar-refractivity contribution in [2.24, 2.45) is 0 Å². The molecule has 0 aliphatic heterocycles. The van der Waals surface area contributed by atoms with Crippen molar-refractivity contribution in [2.45, 2.75) is 0 Å². The molecule has 0 fully saturated rings. The van der Waals surface area contributed by atoms with Crippen LogP contribution in [-0.2, 0) is 9.36 Å². The maximum atomic E-state index is 11.7. The summed E-state index contributed by atoms with van der Waals surface area (Å²) in [6.07, 6.45) is 0.583. The predicted octanol–water partition coefficient (Wildman–Crippen LogP) is 0.894. The highest BCUT2D eigenvalue weighted by atomic mass is 31.1. The molecule has 1 amide bonds. The molecule has 0 spiro atoms. The largest absolute Gasteiger partial charge is 0.477 e. The van der Waals surface area contributed by atoms with Crippen LogP contribution in [0.4, 0.5) is 0 Å². The minimum absolute atomic E-state index is 0.0716. The third kappa shape index (κ3) is 5.07. The molecule has 1 unspecified atom stereocenters. The summed E-state index contributed by atoms with van der Waals surface area (Å²) in [5.41, 5.74) is -0.0230. The second-order valence-corrected chi connectivity index (χ2v) is 5.45. The minimum atomic E-state index is -2.24. The van der Waals surface area contributed by atoms with Gasteiger partial charge in [0.05, 0.1) is 6.35 Å². The number of carboxylic acid groups (broad SMARTS) is 1. The number of carboxylic acids is 1. The third-order valence-corrected chi connectivity index (χ3v) is 3.24. The predicted molar refractivity (Wildman–Crippen MR) is 70.6 cm³/mol. The summed E-state index contributed by atoms with van der Waals surface area (Å²) in [7, 11) is -2.24. The van der Waals surface area contributed by atoms with Crippen molar-refractivity contribution >= 4 is 19.7 Å². The Bertz CT molecular complexity index is 512. The Balaban J connectivity index is 2.77. The van der Waals surface area contributed by atoms with E-state index in [2.05, 4.69) is 5.32 Å². The zero-order valence-corrected chi connectivity index (χ0v) is 11.0. The Morgan fingerprint density at radius 2 is 1.89 bits per heavy atom. The number of carbonyl (C=O) groups is 2. The molecule has 3 N–H and O–H groups in total. The van der Waals surface area contributed by atoms with Gasteiger partial charge in [-0.05, 0) is 18.2 Å². The molecule has 1 atom stereocenters. The third-order valence-electron chi connectivity index (χ3n) is 2.22. The average molecular weight is 283 g/mol. The van der Waals surface area contributed by atoms with Gasteiger partial charge in [-0.25, -0.2) is 4.79 Å². The molecule has 0 aromatic heterocycles. The lowest BCUT2D eigenvalue weighted by atomic mass is 10.2. The first kappa shape index (κ1) is 15.1. The second-order valence-electron chi connectivity index (χ2n) is 3.64. The summed E-state index contributed by atoms with van der Waals surface area (Å²) in [6.45, 7) is 0. The number of nitrogens with one attached hydrogen (secondary N) is 1. The van der Waals surface area contributed by atoms with Crippen LogP contribution in [0.15, 0.2) is 42.1 Å². The molecule has 102 valence electrons. The molecule has 1 aromatic rings. The molecule has 0 aliphatic carbocycles. The van der Waals surface area contributed by atoms with E-state index in [4.69, 9.17) is 10.2 Å². The van der Waals surface area contributed by atoms with Crippen LogP contribution >= 0.6 is 7.80 Å². The van der Waals surface area contributed by atoms with E-state index in [0.29, 0.717) is 5.56 Å². The van der Waals surface area contributed by atoms with Gasteiger partial charge in [-0.15, -0.1) is 0 Å². The van der Waals surface area contributed by atoms with Crippen LogP contribution < -0.4 is 5.32 Å². The van der Waals surface area contributed by atoms with E-state index >= 15 is 0 Å². The molecular formula is C12H14NO5P. The molecule has 1 rings (SSSR count). The van der Waals surface area contributed by atoms with Gasteiger partial charge in [-0.2, -0.15) is 0 Å². The molecule has 0 saturated carbocycles. The zero-order valence-electron chi connectivity index (χ0n) is 10.00. The van der Waals surface area contributed by atoms with Crippen LogP contribution in [0.25, 0.3) is 0 Å². The number of carbonyl (C=O) groups excluding carboxylic acids is 1. The number of allylic oxidation sites excluding steroid dienone is 1. The van der Waals surface area contributed by atoms with Gasteiger partial charge in [0, 0.05) is 11.7 Å². The molecule has 0 heterocycles. The van der Waals surface area contributed by atoms with Crippen LogP contribution in [0.1, 0.15) is 10.4 Å². The van der Waals surface area contributed by atoms with E-state index in [1.807, 2.05) is 0 Å². The van der Waals surface area contributed by atoms with E-state index in [1.165, 1.54) is 0 Å². The van der Waals surface area contributed by atoms with Crippen LogP contribution in [0.3, 0.4) is 0 Å². The topological polar surface area (TPSA) is 104 Å². The van der Waals surface area contributed by atoms with Crippen molar-refractivity contribution in [1.29, 1.82) is 0 Å². The highest BCUT2D eigenvalue weighted by molar-refractivity contribution is 7.44. The first-order valence-electron chi connectivity index (χ1n) is 5.47. The fourth-order valence-corrected chi connectivity index (χ4v) is 1.82. The molecule has 0 saturated heterocycles. The summed E-state index contributed by atoms with van der Waals surface area (Å²) >= 11 is 0. The number of hydrogen-bond donors (Lipinski definition) is 3. The number of benzene rings is 1. The molecule has 1 aromatic carbocycles. The number of aliphatic carboxylic acids is 1. The van der Waals surface area contributed by atoms with Crippen LogP contribution in [-0.4, -0.2) is 34.6 Å². The molecule has 0 bridgehead atoms. The van der Waals surface area contributed by atoms with Crippen molar-refractivity contribution in [3.63, 3.8) is 0 Å². The van der Waals surface area contributed by atoms with E-state index in [1.54, 1.807) is 30.3 Å². The van der Waals surface area contributed by atoms with Gasteiger partial charge in [0.2, 0.25) is 0 Å². The van der Waals surface area contributed by atoms with E-state index in [-0.39, 0.29) is 11.9 Å². The smallest absolute Gasteiger partial charge is 0.352 e. The van der Waals surface area contributed by atoms with Crippen LogP contribution in [0.2, 0.25) is 0 Å². The number of aliphatic hydroxyl groups excluding tert-OH is 1. The van der Waals surface area contributed by atoms with Gasteiger partial charge < -0.3 is 20.1 Å². The van der Waals surface area contributed by atoms with Crippen molar-refractivity contribution in [3.8, 4) is 0 Å². The van der Waals surface area contributed by atoms with Crippen molar-refractivity contribution in [3.05, 3.63) is 47.7 Å². The van der Waals surface area contributed by atoms with E-state index in [0.717, 1.165) is 6.08 Å². The van der Waals surface area contributed by atoms with Gasteiger partial charge in [0.15, 0.2) is 0 Å². The number of amides is 1. The summed E-state index contributed by atoms with van der Waals surface area (Å²) in [6, 6.07) is 8.14. The van der Waals surface area contributed by atoms with Gasteiger partial charge in [-0.3, -0.25) is 4.79 Å². The number of aliphatic hydroxyl groups is 1. The molecule has 19 heavy (non-hydrogen) atoms. The lowest BCUT2D eigenvalue weighted by Crippen LogP contribution is -2.27. The first-order valence-corrected chi connectivity index (χ1v) is 7.29. The van der Waals surface area contributed by atoms with Crippen LogP contribution in [0.5, 0.6) is 0 Å². The highest BCUT2D eigenvalue weighted by Crippen LogP contribution is 2.18. The maximum absolute atomic E-state index is 11.7. The lowest BCUT2D eigenvalue weighted by molar-refractivity contribution is -0.133. The van der Waals surface area contributed by atoms with Gasteiger partial charge >= 0.3 is 5.97 Å². The Hall–Kier alpha value is -1.91. The molecule has 0 aliphatic rings. The highest BCUT2D eigenvalue weighted by Gasteiger charge is 2.13. The van der Waals surface area contributed by atoms with E-state index < -0.39 is 26.0 Å². The SMILES string of the molecule is O=C(O)C(=CC[PH](=O)CO)NC(=O)c1ccccc1. The number of rotatable bonds is 6.